The average Bonchev–Trinajstić information content (AvgIpc) is 3.31. The molecule has 0 aliphatic carbocycles. The van der Waals surface area contributed by atoms with Crippen molar-refractivity contribution in [2.45, 2.75) is 0 Å². The van der Waals surface area contributed by atoms with E-state index in [1.54, 1.807) is 0 Å². The number of hydrogen-bond acceptors (Lipinski definition) is 7. The van der Waals surface area contributed by atoms with Gasteiger partial charge in [-0.05, 0) is 0 Å². The first-order valence-corrected chi connectivity index (χ1v) is 13.7. The third-order valence-corrected chi connectivity index (χ3v) is 10.5. The first-order valence-electron chi connectivity index (χ1n) is 8.44. The number of benzene rings is 2. The van der Waals surface area contributed by atoms with Gasteiger partial charge in [0.2, 0.25) is 0 Å². The molecule has 7 nitrogen and oxygen atoms in total. The molecule has 34 heavy (non-hydrogen) atoms. The zero-order valence-corrected chi connectivity index (χ0v) is 23.1. The second-order valence-electron chi connectivity index (χ2n) is 6.49. The van der Waals surface area contributed by atoms with Gasteiger partial charge in [-0.3, -0.25) is 0 Å². The molecule has 3 aromatic rings. The fourth-order valence-corrected chi connectivity index (χ4v) is 7.63. The quantitative estimate of drug-likeness (QED) is 0.153. The minimum atomic E-state index is -5.49. The van der Waals surface area contributed by atoms with Gasteiger partial charge in [-0.1, -0.05) is 0 Å². The van der Waals surface area contributed by atoms with Crippen LogP contribution in [-0.4, -0.2) is 4.98 Å². The Morgan fingerprint density at radius 2 is 1.21 bits per heavy atom. The van der Waals surface area contributed by atoms with Gasteiger partial charge < -0.3 is 0 Å². The topological polar surface area (TPSA) is 82.1 Å². The van der Waals surface area contributed by atoms with E-state index in [1.807, 2.05) is 0 Å². The van der Waals surface area contributed by atoms with Crippen LogP contribution >= 0.6 is 112 Å². The summed E-state index contributed by atoms with van der Waals surface area (Å²) in [6.45, 7) is 0. The molecule has 0 amide bonds. The van der Waals surface area contributed by atoms with Crippen LogP contribution < -0.4 is 27.7 Å². The Morgan fingerprint density at radius 1 is 0.676 bits per heavy atom. The maximum atomic E-state index is 12.9. The van der Waals surface area contributed by atoms with Gasteiger partial charge in [0.25, 0.3) is 0 Å². The Labute approximate surface area is 235 Å². The molecular weight excluding hydrogens is 664 g/mol. The fraction of sp³-hybridized carbons (Fsp3) is 0. The van der Waals surface area contributed by atoms with E-state index in [4.69, 9.17) is 127 Å². The molecule has 0 atom stereocenters. The van der Waals surface area contributed by atoms with Gasteiger partial charge in [-0.25, -0.2) is 0 Å². The summed E-state index contributed by atoms with van der Waals surface area (Å²) in [6, 6.07) is 1.33. The summed E-state index contributed by atoms with van der Waals surface area (Å²) in [7, 11) is -5.49. The van der Waals surface area contributed by atoms with Crippen molar-refractivity contribution in [3.05, 3.63) is 57.5 Å². The molecule has 0 fully saturated rings. The van der Waals surface area contributed by atoms with E-state index in [0.717, 1.165) is 0 Å². The number of fused-ring (bicyclic) bond motifs is 2. The fourth-order valence-electron chi connectivity index (χ4n) is 2.90. The van der Waals surface area contributed by atoms with Crippen LogP contribution in [0.25, 0.3) is 0 Å². The van der Waals surface area contributed by atoms with Gasteiger partial charge >= 0.3 is 237 Å². The van der Waals surface area contributed by atoms with E-state index in [1.165, 1.54) is 12.3 Å². The summed E-state index contributed by atoms with van der Waals surface area (Å²) >= 11 is 55.2. The standard InChI is InChI=1S/C17H3Cl9NO6P/c18-3-1-4-17(27-2-3)33-34(29-4,30-14-10(24)6(20)5(19)9(23)13(14)28)31-15-11(25)7(21)8(22)12(26)16(15)32-34/h1-2,28H/p-1. The predicted octanol–water partition coefficient (Wildman–Crippen LogP) is 9.49. The van der Waals surface area contributed by atoms with Crippen LogP contribution in [0.15, 0.2) is 12.3 Å². The van der Waals surface area contributed by atoms with Gasteiger partial charge in [0.15, 0.2) is 0 Å². The average molecular weight is 666 g/mol. The van der Waals surface area contributed by atoms with Crippen molar-refractivity contribution in [1.82, 2.24) is 4.98 Å². The van der Waals surface area contributed by atoms with E-state index >= 15 is 0 Å². The summed E-state index contributed by atoms with van der Waals surface area (Å²) in [5.74, 6) is -2.41. The summed E-state index contributed by atoms with van der Waals surface area (Å²) in [5, 5.41) is 10.8. The molecule has 2 aromatic carbocycles. The predicted molar refractivity (Wildman–Crippen MR) is 132 cm³/mol. The van der Waals surface area contributed by atoms with Gasteiger partial charge in [-0.2, -0.15) is 0 Å². The molecule has 0 bridgehead atoms. The molecular formula is C17H2Cl9NO6P-. The molecule has 0 radical (unpaired) electrons. The molecule has 0 saturated heterocycles. The third-order valence-electron chi connectivity index (χ3n) is 4.36. The number of hydrogen-bond donors (Lipinski definition) is 0. The Morgan fingerprint density at radius 3 is 1.79 bits per heavy atom. The number of aromatic nitrogens is 1. The van der Waals surface area contributed by atoms with Gasteiger partial charge in [0.05, 0.1) is 0 Å². The Balaban J connectivity index is 1.76. The summed E-state index contributed by atoms with van der Waals surface area (Å²) < 4.78 is 29.4. The van der Waals surface area contributed by atoms with Crippen molar-refractivity contribution in [2.75, 3.05) is 0 Å². The van der Waals surface area contributed by atoms with Crippen LogP contribution in [0.2, 0.25) is 45.2 Å². The SMILES string of the molecule is [O-]c1c(Cl)c(Cl)c(Cl)c(Cl)c1OP12(Oc3cc(Cl)cnc3O1)Oc1c(Cl)c(Cl)c(Cl)c(Cl)c1O2. The normalized spacial score (nSPS) is 17.5. The van der Waals surface area contributed by atoms with Crippen LogP contribution in [0, 0.1) is 0 Å². The molecule has 1 aromatic heterocycles. The van der Waals surface area contributed by atoms with E-state index in [-0.39, 0.29) is 58.3 Å². The molecule has 0 unspecified atom stereocenters. The minimum absolute atomic E-state index is 0.0721. The van der Waals surface area contributed by atoms with E-state index < -0.39 is 29.3 Å². The molecule has 1 spiro atoms. The maximum absolute atomic E-state index is 12.9. The van der Waals surface area contributed by atoms with Crippen LogP contribution in [0.4, 0.5) is 0 Å². The Kier molecular flexibility index (Phi) is 6.07. The first-order chi connectivity index (χ1) is 15.9. The molecule has 2 aliphatic heterocycles. The zero-order chi connectivity index (χ0) is 24.8. The van der Waals surface area contributed by atoms with Crippen LogP contribution in [-0.2, 0) is 0 Å². The number of rotatable bonds is 2. The van der Waals surface area contributed by atoms with Crippen molar-refractivity contribution in [2.24, 2.45) is 0 Å². The van der Waals surface area contributed by atoms with Gasteiger partial charge in [-0.15, -0.1) is 0 Å². The monoisotopic (exact) mass is 662 g/mol. The van der Waals surface area contributed by atoms with E-state index in [9.17, 15) is 5.11 Å². The molecule has 5 rings (SSSR count). The van der Waals surface area contributed by atoms with Crippen molar-refractivity contribution >= 4 is 112 Å². The first kappa shape index (κ1) is 25.1. The van der Waals surface area contributed by atoms with Crippen molar-refractivity contribution in [1.29, 1.82) is 0 Å². The van der Waals surface area contributed by atoms with Crippen molar-refractivity contribution < 1.29 is 27.7 Å². The summed E-state index contributed by atoms with van der Waals surface area (Å²) in [4.78, 5) is 4.01. The van der Waals surface area contributed by atoms with Crippen molar-refractivity contribution in [3.8, 4) is 34.6 Å². The van der Waals surface area contributed by atoms with Crippen LogP contribution in [0.5, 0.6) is 34.6 Å². The van der Waals surface area contributed by atoms with Crippen LogP contribution in [0.3, 0.4) is 0 Å². The number of halogens is 9. The van der Waals surface area contributed by atoms with Gasteiger partial charge in [0, 0.05) is 0 Å². The van der Waals surface area contributed by atoms with Crippen molar-refractivity contribution in [3.63, 3.8) is 0 Å². The van der Waals surface area contributed by atoms with Gasteiger partial charge in [0.1, 0.15) is 0 Å². The summed E-state index contributed by atoms with van der Waals surface area (Å²) in [5.41, 5.74) is 0. The van der Waals surface area contributed by atoms with E-state index in [2.05, 4.69) is 4.98 Å². The Hall–Kier alpha value is -0.570. The second kappa shape index (κ2) is 8.22. The Bertz CT molecular complexity index is 1370. The molecule has 2 aliphatic rings. The van der Waals surface area contributed by atoms with Crippen LogP contribution in [0.1, 0.15) is 0 Å². The molecule has 17 heteroatoms. The van der Waals surface area contributed by atoms with E-state index in [0.29, 0.717) is 0 Å². The number of nitrogens with zero attached hydrogens (tertiary/aromatic N) is 1. The molecule has 0 saturated carbocycles. The number of pyridine rings is 1. The molecule has 3 heterocycles. The second-order valence-corrected chi connectivity index (χ2v) is 12.4. The third kappa shape index (κ3) is 3.56. The zero-order valence-electron chi connectivity index (χ0n) is 15.4. The molecule has 180 valence electrons. The molecule has 0 N–H and O–H groups in total. The summed E-state index contributed by atoms with van der Waals surface area (Å²) in [6.07, 6.45) is 1.25.